The summed E-state index contributed by atoms with van der Waals surface area (Å²) in [4.78, 5) is 2.38. The lowest BCUT2D eigenvalue weighted by Crippen LogP contribution is -2.10. The first-order chi connectivity index (χ1) is 27.2. The maximum absolute atomic E-state index is 6.17. The molecule has 0 aliphatic rings. The Morgan fingerprint density at radius 2 is 0.891 bits per heavy atom. The second-order valence-corrected chi connectivity index (χ2v) is 15.2. The molecule has 0 saturated carbocycles. The van der Waals surface area contributed by atoms with E-state index in [0.717, 1.165) is 50.1 Å². The van der Waals surface area contributed by atoms with Crippen molar-refractivity contribution in [1.82, 2.24) is 0 Å². The monoisotopic (exact) mass is 719 g/mol. The molecule has 0 amide bonds. The first-order valence-electron chi connectivity index (χ1n) is 18.7. The van der Waals surface area contributed by atoms with Gasteiger partial charge in [0, 0.05) is 48.0 Å². The van der Waals surface area contributed by atoms with Crippen LogP contribution in [0.15, 0.2) is 205 Å². The molecule has 11 rings (SSSR count). The van der Waals surface area contributed by atoms with Crippen LogP contribution in [0.3, 0.4) is 0 Å². The number of para-hydroxylation sites is 1. The third-order valence-electron chi connectivity index (χ3n) is 10.9. The standard InChI is InChI=1S/C52H33NOS/c1-2-16-43-34(10-1)11-9-19-44(43)35-22-26-40(27-23-35)53(41-14-7-12-36(30-41)38-24-28-50-47(32-38)45-17-3-5-20-49(45)54-50)42-15-8-13-37(31-42)39-25-29-52-48(33-39)46-18-4-6-21-51(46)55-52/h1-33H. The van der Waals surface area contributed by atoms with Crippen LogP contribution in [0, 0.1) is 0 Å². The molecule has 258 valence electrons. The summed E-state index contributed by atoms with van der Waals surface area (Å²) in [6.45, 7) is 0. The largest absolute Gasteiger partial charge is 0.456 e. The van der Waals surface area contributed by atoms with Gasteiger partial charge in [-0.2, -0.15) is 0 Å². The van der Waals surface area contributed by atoms with Gasteiger partial charge in [-0.25, -0.2) is 0 Å². The number of benzene rings is 9. The number of furan rings is 1. The molecule has 2 aromatic heterocycles. The first-order valence-corrected chi connectivity index (χ1v) is 19.5. The zero-order chi connectivity index (χ0) is 36.3. The highest BCUT2D eigenvalue weighted by Crippen LogP contribution is 2.42. The number of nitrogens with zero attached hydrogens (tertiary/aromatic N) is 1. The van der Waals surface area contributed by atoms with Crippen LogP contribution in [0.2, 0.25) is 0 Å². The Balaban J connectivity index is 1.04. The Hall–Kier alpha value is -6.94. The molecule has 0 atom stereocenters. The van der Waals surface area contributed by atoms with Gasteiger partial charge in [-0.05, 0) is 117 Å². The molecule has 0 aliphatic heterocycles. The average Bonchev–Trinajstić information content (AvgIpc) is 3.82. The molecule has 0 spiro atoms. The van der Waals surface area contributed by atoms with Gasteiger partial charge in [0.05, 0.1) is 0 Å². The Bertz CT molecular complexity index is 3060. The number of anilines is 3. The number of hydrogen-bond donors (Lipinski definition) is 0. The lowest BCUT2D eigenvalue weighted by atomic mass is 9.97. The van der Waals surface area contributed by atoms with E-state index < -0.39 is 0 Å². The fraction of sp³-hybridized carbons (Fsp3) is 0. The third-order valence-corrected chi connectivity index (χ3v) is 12.0. The highest BCUT2D eigenvalue weighted by molar-refractivity contribution is 7.25. The average molecular weight is 720 g/mol. The van der Waals surface area contributed by atoms with Gasteiger partial charge in [0.1, 0.15) is 11.2 Å². The van der Waals surface area contributed by atoms with Crippen LogP contribution >= 0.6 is 11.3 Å². The Morgan fingerprint density at radius 1 is 0.327 bits per heavy atom. The molecule has 0 radical (unpaired) electrons. The third kappa shape index (κ3) is 5.48. The van der Waals surface area contributed by atoms with E-state index in [2.05, 4.69) is 193 Å². The van der Waals surface area contributed by atoms with Crippen LogP contribution < -0.4 is 4.90 Å². The highest BCUT2D eigenvalue weighted by atomic mass is 32.1. The topological polar surface area (TPSA) is 16.4 Å². The second kappa shape index (κ2) is 12.9. The minimum Gasteiger partial charge on any atom is -0.456 e. The van der Waals surface area contributed by atoms with Crippen LogP contribution in [0.25, 0.3) is 86.3 Å². The predicted molar refractivity (Wildman–Crippen MR) is 235 cm³/mol. The summed E-state index contributed by atoms with van der Waals surface area (Å²) >= 11 is 1.86. The van der Waals surface area contributed by atoms with Gasteiger partial charge in [-0.3, -0.25) is 0 Å². The number of rotatable bonds is 6. The fourth-order valence-corrected chi connectivity index (χ4v) is 9.26. The summed E-state index contributed by atoms with van der Waals surface area (Å²) in [6.07, 6.45) is 0. The molecular weight excluding hydrogens is 687 g/mol. The molecule has 11 aromatic rings. The summed E-state index contributed by atoms with van der Waals surface area (Å²) in [5.41, 5.74) is 12.2. The van der Waals surface area contributed by atoms with E-state index in [1.165, 1.54) is 53.2 Å². The van der Waals surface area contributed by atoms with Gasteiger partial charge in [-0.15, -0.1) is 11.3 Å². The van der Waals surface area contributed by atoms with E-state index in [1.807, 2.05) is 23.5 Å². The Kier molecular flexibility index (Phi) is 7.39. The van der Waals surface area contributed by atoms with Gasteiger partial charge in [0.25, 0.3) is 0 Å². The van der Waals surface area contributed by atoms with Crippen LogP contribution in [0.1, 0.15) is 0 Å². The second-order valence-electron chi connectivity index (χ2n) is 14.1. The van der Waals surface area contributed by atoms with Crippen molar-refractivity contribution in [3.63, 3.8) is 0 Å². The molecule has 2 nitrogen and oxygen atoms in total. The molecular formula is C52H33NOS. The Morgan fingerprint density at radius 3 is 1.69 bits per heavy atom. The van der Waals surface area contributed by atoms with Crippen LogP contribution in [-0.4, -0.2) is 0 Å². The van der Waals surface area contributed by atoms with Gasteiger partial charge >= 0.3 is 0 Å². The number of fused-ring (bicyclic) bond motifs is 7. The molecule has 9 aromatic carbocycles. The minimum absolute atomic E-state index is 0.902. The van der Waals surface area contributed by atoms with Gasteiger partial charge in [0.15, 0.2) is 0 Å². The molecule has 0 bridgehead atoms. The first kappa shape index (κ1) is 31.6. The van der Waals surface area contributed by atoms with Crippen molar-refractivity contribution >= 4 is 81.3 Å². The van der Waals surface area contributed by atoms with E-state index >= 15 is 0 Å². The van der Waals surface area contributed by atoms with Crippen molar-refractivity contribution in [3.8, 4) is 33.4 Å². The zero-order valence-corrected chi connectivity index (χ0v) is 30.6. The lowest BCUT2D eigenvalue weighted by Gasteiger charge is -2.27. The zero-order valence-electron chi connectivity index (χ0n) is 29.8. The maximum Gasteiger partial charge on any atom is 0.135 e. The van der Waals surface area contributed by atoms with Crippen molar-refractivity contribution < 1.29 is 4.42 Å². The Labute approximate surface area is 322 Å². The van der Waals surface area contributed by atoms with E-state index in [-0.39, 0.29) is 0 Å². The van der Waals surface area contributed by atoms with Crippen molar-refractivity contribution in [1.29, 1.82) is 0 Å². The van der Waals surface area contributed by atoms with Crippen LogP contribution in [-0.2, 0) is 0 Å². The SMILES string of the molecule is c1cc(-c2ccc3oc4ccccc4c3c2)cc(N(c2ccc(-c3cccc4ccccc34)cc2)c2cccc(-c3ccc4sc5ccccc5c4c3)c2)c1. The van der Waals surface area contributed by atoms with E-state index in [1.54, 1.807) is 0 Å². The maximum atomic E-state index is 6.17. The quantitative estimate of drug-likeness (QED) is 0.170. The van der Waals surface area contributed by atoms with Crippen molar-refractivity contribution in [3.05, 3.63) is 200 Å². The smallest absolute Gasteiger partial charge is 0.135 e. The van der Waals surface area contributed by atoms with Gasteiger partial charge in [0.2, 0.25) is 0 Å². The summed E-state index contributed by atoms with van der Waals surface area (Å²) in [6, 6.07) is 72.4. The summed E-state index contributed by atoms with van der Waals surface area (Å²) in [5.74, 6) is 0. The normalized spacial score (nSPS) is 11.6. The molecule has 0 unspecified atom stereocenters. The lowest BCUT2D eigenvalue weighted by molar-refractivity contribution is 0.669. The van der Waals surface area contributed by atoms with E-state index in [0.29, 0.717) is 0 Å². The fourth-order valence-electron chi connectivity index (χ4n) is 8.17. The van der Waals surface area contributed by atoms with E-state index in [9.17, 15) is 0 Å². The molecule has 3 heteroatoms. The molecule has 0 saturated heterocycles. The summed E-state index contributed by atoms with van der Waals surface area (Å²) in [5, 5.41) is 7.38. The van der Waals surface area contributed by atoms with Crippen molar-refractivity contribution in [2.45, 2.75) is 0 Å². The molecule has 55 heavy (non-hydrogen) atoms. The predicted octanol–water partition coefficient (Wildman–Crippen LogP) is 15.6. The van der Waals surface area contributed by atoms with E-state index in [4.69, 9.17) is 4.42 Å². The van der Waals surface area contributed by atoms with Gasteiger partial charge in [-0.1, -0.05) is 127 Å². The van der Waals surface area contributed by atoms with Crippen LogP contribution in [0.5, 0.6) is 0 Å². The van der Waals surface area contributed by atoms with Crippen molar-refractivity contribution in [2.24, 2.45) is 0 Å². The summed E-state index contributed by atoms with van der Waals surface area (Å²) < 4.78 is 8.80. The van der Waals surface area contributed by atoms with Gasteiger partial charge < -0.3 is 9.32 Å². The molecule has 0 N–H and O–H groups in total. The molecule has 2 heterocycles. The minimum atomic E-state index is 0.902. The summed E-state index contributed by atoms with van der Waals surface area (Å²) in [7, 11) is 0. The highest BCUT2D eigenvalue weighted by Gasteiger charge is 2.17. The van der Waals surface area contributed by atoms with Crippen LogP contribution in [0.4, 0.5) is 17.1 Å². The molecule has 0 fully saturated rings. The number of hydrogen-bond acceptors (Lipinski definition) is 3. The van der Waals surface area contributed by atoms with Crippen molar-refractivity contribution in [2.75, 3.05) is 4.90 Å². The number of thiophene rings is 1. The molecule has 0 aliphatic carbocycles.